The summed E-state index contributed by atoms with van der Waals surface area (Å²) in [5.74, 6) is -1.14. The van der Waals surface area contributed by atoms with Crippen LogP contribution in [-0.4, -0.2) is 17.1 Å². The van der Waals surface area contributed by atoms with Gasteiger partial charge in [0.05, 0.1) is 0 Å². The van der Waals surface area contributed by atoms with Crippen LogP contribution in [0.15, 0.2) is 29.5 Å². The van der Waals surface area contributed by atoms with E-state index in [-0.39, 0.29) is 12.1 Å². The first-order chi connectivity index (χ1) is 6.11. The number of rotatable bonds is 5. The van der Waals surface area contributed by atoms with Crippen LogP contribution in [0.1, 0.15) is 6.42 Å². The molecule has 3 N–H and O–H groups in total. The predicted molar refractivity (Wildman–Crippen MR) is 47.7 cm³/mol. The number of allylic oxidation sites excluding steroid dienone is 2. The second-order valence-electron chi connectivity index (χ2n) is 2.23. The molecule has 0 saturated carbocycles. The Balaban J connectivity index is 4.43. The van der Waals surface area contributed by atoms with Gasteiger partial charge in [0.25, 0.3) is 0 Å². The number of carboxylic acid groups (broad SMARTS) is 1. The standard InChI is InChI=1S/C7H10N4O2/c1-2-3-5(10-11-9)4-6(8)7(12)13/h2-3,6H,1,4,8H2,(H,12,13)/b5-3-. The molecular formula is C7H10N4O2. The molecule has 0 heterocycles. The van der Waals surface area contributed by atoms with Crippen LogP contribution < -0.4 is 5.73 Å². The fourth-order valence-corrected chi connectivity index (χ4v) is 0.648. The van der Waals surface area contributed by atoms with E-state index >= 15 is 0 Å². The van der Waals surface area contributed by atoms with Crippen LogP contribution in [0, 0.1) is 0 Å². The SMILES string of the molecule is C=C/C=C(/CC(N)C(=O)O)N=[N+]=[N-]. The van der Waals surface area contributed by atoms with Crippen LogP contribution in [0.25, 0.3) is 10.4 Å². The summed E-state index contributed by atoms with van der Waals surface area (Å²) in [7, 11) is 0. The molecule has 1 atom stereocenters. The highest BCUT2D eigenvalue weighted by atomic mass is 16.4. The molecule has 0 aliphatic rings. The number of carbonyl (C=O) groups is 1. The Labute approximate surface area is 75.0 Å². The molecule has 70 valence electrons. The van der Waals surface area contributed by atoms with Crippen LogP contribution >= 0.6 is 0 Å². The van der Waals surface area contributed by atoms with Crippen molar-refractivity contribution in [1.29, 1.82) is 0 Å². The summed E-state index contributed by atoms with van der Waals surface area (Å²) in [5, 5.41) is 11.7. The van der Waals surface area contributed by atoms with Gasteiger partial charge in [0.2, 0.25) is 0 Å². The fraction of sp³-hybridized carbons (Fsp3) is 0.286. The average molecular weight is 182 g/mol. The molecule has 0 aliphatic carbocycles. The van der Waals surface area contributed by atoms with E-state index in [0.29, 0.717) is 0 Å². The lowest BCUT2D eigenvalue weighted by Gasteiger charge is -2.04. The summed E-state index contributed by atoms with van der Waals surface area (Å²) in [6.45, 7) is 3.39. The van der Waals surface area contributed by atoms with E-state index in [1.54, 1.807) is 0 Å². The maximum absolute atomic E-state index is 10.3. The molecule has 0 aliphatic heterocycles. The molecule has 1 unspecified atom stereocenters. The third-order valence-corrected chi connectivity index (χ3v) is 1.23. The van der Waals surface area contributed by atoms with Crippen LogP contribution in [0.3, 0.4) is 0 Å². The first-order valence-corrected chi connectivity index (χ1v) is 3.47. The smallest absolute Gasteiger partial charge is 0.320 e. The molecule has 0 radical (unpaired) electrons. The Morgan fingerprint density at radius 3 is 2.85 bits per heavy atom. The third-order valence-electron chi connectivity index (χ3n) is 1.23. The van der Waals surface area contributed by atoms with Gasteiger partial charge in [-0.1, -0.05) is 23.8 Å². The van der Waals surface area contributed by atoms with Gasteiger partial charge in [0.15, 0.2) is 0 Å². The van der Waals surface area contributed by atoms with Gasteiger partial charge in [-0.2, -0.15) is 0 Å². The Morgan fingerprint density at radius 1 is 1.85 bits per heavy atom. The van der Waals surface area contributed by atoms with Gasteiger partial charge in [0, 0.05) is 17.0 Å². The van der Waals surface area contributed by atoms with Crippen molar-refractivity contribution in [3.63, 3.8) is 0 Å². The maximum Gasteiger partial charge on any atom is 0.320 e. The highest BCUT2D eigenvalue weighted by Gasteiger charge is 2.12. The number of carboxylic acids is 1. The summed E-state index contributed by atoms with van der Waals surface area (Å²) in [5.41, 5.74) is 13.6. The first-order valence-electron chi connectivity index (χ1n) is 3.47. The zero-order chi connectivity index (χ0) is 10.3. The molecule has 0 aromatic heterocycles. The average Bonchev–Trinajstić information content (AvgIpc) is 2.05. The Bertz CT molecular complexity index is 278. The highest BCUT2D eigenvalue weighted by molar-refractivity contribution is 5.73. The van der Waals surface area contributed by atoms with Gasteiger partial charge in [-0.25, -0.2) is 0 Å². The van der Waals surface area contributed by atoms with Gasteiger partial charge in [0.1, 0.15) is 6.04 Å². The van der Waals surface area contributed by atoms with Gasteiger partial charge >= 0.3 is 5.97 Å². The number of azide groups is 1. The molecule has 0 aromatic rings. The topological polar surface area (TPSA) is 112 Å². The van der Waals surface area contributed by atoms with Crippen LogP contribution in [-0.2, 0) is 4.79 Å². The summed E-state index contributed by atoms with van der Waals surface area (Å²) in [4.78, 5) is 12.9. The van der Waals surface area contributed by atoms with Crippen LogP contribution in [0.5, 0.6) is 0 Å². The summed E-state index contributed by atoms with van der Waals surface area (Å²) >= 11 is 0. The van der Waals surface area contributed by atoms with Crippen molar-refractivity contribution >= 4 is 5.97 Å². The van der Waals surface area contributed by atoms with Crippen molar-refractivity contribution in [2.75, 3.05) is 0 Å². The van der Waals surface area contributed by atoms with E-state index in [9.17, 15) is 4.79 Å². The van der Waals surface area contributed by atoms with Crippen molar-refractivity contribution in [3.05, 3.63) is 34.9 Å². The predicted octanol–water partition coefficient (Wildman–Crippen LogP) is 1.17. The molecule has 6 nitrogen and oxygen atoms in total. The van der Waals surface area contributed by atoms with Crippen molar-refractivity contribution in [1.82, 2.24) is 0 Å². The molecule has 13 heavy (non-hydrogen) atoms. The van der Waals surface area contributed by atoms with E-state index in [2.05, 4.69) is 16.6 Å². The second kappa shape index (κ2) is 5.82. The van der Waals surface area contributed by atoms with Gasteiger partial charge < -0.3 is 10.8 Å². The molecule has 0 bridgehead atoms. The second-order valence-corrected chi connectivity index (χ2v) is 2.23. The van der Waals surface area contributed by atoms with E-state index in [0.717, 1.165) is 0 Å². The third kappa shape index (κ3) is 4.62. The number of nitrogens with zero attached hydrogens (tertiary/aromatic N) is 3. The van der Waals surface area contributed by atoms with Gasteiger partial charge in [-0.3, -0.25) is 4.79 Å². The maximum atomic E-state index is 10.3. The van der Waals surface area contributed by atoms with Gasteiger partial charge in [-0.15, -0.1) is 0 Å². The zero-order valence-electron chi connectivity index (χ0n) is 6.92. The first kappa shape index (κ1) is 11.2. The number of hydrogen-bond donors (Lipinski definition) is 2. The number of hydrogen-bond acceptors (Lipinski definition) is 3. The molecular weight excluding hydrogens is 172 g/mol. The minimum atomic E-state index is -1.14. The Hall–Kier alpha value is -1.78. The van der Waals surface area contributed by atoms with Crippen LogP contribution in [0.4, 0.5) is 0 Å². The van der Waals surface area contributed by atoms with Crippen molar-refractivity contribution in [2.45, 2.75) is 12.5 Å². The molecule has 0 aromatic carbocycles. The molecule has 0 fully saturated rings. The molecule has 0 saturated heterocycles. The van der Waals surface area contributed by atoms with E-state index < -0.39 is 12.0 Å². The van der Waals surface area contributed by atoms with Crippen molar-refractivity contribution in [3.8, 4) is 0 Å². The highest BCUT2D eigenvalue weighted by Crippen LogP contribution is 2.06. The lowest BCUT2D eigenvalue weighted by atomic mass is 10.2. The molecule has 0 rings (SSSR count). The minimum Gasteiger partial charge on any atom is -0.480 e. The normalized spacial score (nSPS) is 12.8. The van der Waals surface area contributed by atoms with Crippen molar-refractivity contribution in [2.24, 2.45) is 10.8 Å². The Kier molecular flexibility index (Phi) is 5.02. The summed E-state index contributed by atoms with van der Waals surface area (Å²) < 4.78 is 0. The quantitative estimate of drug-likeness (QED) is 0.288. The molecule has 0 spiro atoms. The monoisotopic (exact) mass is 182 g/mol. The lowest BCUT2D eigenvalue weighted by molar-refractivity contribution is -0.138. The van der Waals surface area contributed by atoms with Crippen molar-refractivity contribution < 1.29 is 9.90 Å². The molecule has 0 amide bonds. The van der Waals surface area contributed by atoms with Gasteiger partial charge in [-0.05, 0) is 5.53 Å². The number of aliphatic carboxylic acids is 1. The van der Waals surface area contributed by atoms with E-state index in [1.807, 2.05) is 0 Å². The summed E-state index contributed by atoms with van der Waals surface area (Å²) in [6, 6.07) is -1.06. The van der Waals surface area contributed by atoms with E-state index in [4.69, 9.17) is 16.4 Å². The molecule has 6 heteroatoms. The van der Waals surface area contributed by atoms with Crippen LogP contribution in [0.2, 0.25) is 0 Å². The Morgan fingerprint density at radius 2 is 2.46 bits per heavy atom. The zero-order valence-corrected chi connectivity index (χ0v) is 6.92. The summed E-state index contributed by atoms with van der Waals surface area (Å²) in [6.07, 6.45) is 2.81. The largest absolute Gasteiger partial charge is 0.480 e. The lowest BCUT2D eigenvalue weighted by Crippen LogP contribution is -2.30. The minimum absolute atomic E-state index is 0.00852. The fourth-order valence-electron chi connectivity index (χ4n) is 0.648. The van der Waals surface area contributed by atoms with E-state index in [1.165, 1.54) is 12.2 Å². The number of nitrogens with two attached hydrogens (primary N) is 1.